The Hall–Kier alpha value is -2.01. The van der Waals surface area contributed by atoms with Gasteiger partial charge in [0.05, 0.1) is 0 Å². The molecule has 1 N–H and O–H groups in total. The quantitative estimate of drug-likeness (QED) is 0.922. The van der Waals surface area contributed by atoms with Crippen LogP contribution >= 0.6 is 0 Å². The average molecular weight is 312 g/mol. The minimum atomic E-state index is -0.172. The Morgan fingerprint density at radius 2 is 1.78 bits per heavy atom. The molecule has 1 aromatic heterocycles. The standard InChI is InChI=1S/C18H21FN4/c19-15-5-3-14(4-6-15)16-9-17(16)20-10-13-11-21-18(22-12-13)23-7-1-2-8-23/h3-6,11-12,16-17,20H,1-2,7-10H2. The molecular weight excluding hydrogens is 291 g/mol. The molecule has 4 rings (SSSR count). The Morgan fingerprint density at radius 3 is 2.48 bits per heavy atom. The molecule has 1 aliphatic carbocycles. The SMILES string of the molecule is Fc1ccc(C2CC2NCc2cnc(N3CCCC3)nc2)cc1. The first-order valence-electron chi connectivity index (χ1n) is 8.34. The monoisotopic (exact) mass is 312 g/mol. The molecule has 2 heterocycles. The Labute approximate surface area is 135 Å². The summed E-state index contributed by atoms with van der Waals surface area (Å²) in [7, 11) is 0. The third-order valence-corrected chi connectivity index (χ3v) is 4.74. The molecule has 23 heavy (non-hydrogen) atoms. The molecule has 1 aromatic carbocycles. The minimum Gasteiger partial charge on any atom is -0.341 e. The molecule has 5 heteroatoms. The van der Waals surface area contributed by atoms with Crippen molar-refractivity contribution in [2.75, 3.05) is 18.0 Å². The zero-order valence-corrected chi connectivity index (χ0v) is 13.1. The lowest BCUT2D eigenvalue weighted by Gasteiger charge is -2.14. The minimum absolute atomic E-state index is 0.172. The van der Waals surface area contributed by atoms with Crippen LogP contribution in [0.15, 0.2) is 36.7 Å². The van der Waals surface area contributed by atoms with E-state index in [0.717, 1.165) is 37.6 Å². The zero-order chi connectivity index (χ0) is 15.6. The van der Waals surface area contributed by atoms with Crippen LogP contribution in [-0.4, -0.2) is 29.1 Å². The number of hydrogen-bond donors (Lipinski definition) is 1. The van der Waals surface area contributed by atoms with Crippen molar-refractivity contribution in [3.05, 3.63) is 53.6 Å². The third kappa shape index (κ3) is 3.34. The summed E-state index contributed by atoms with van der Waals surface area (Å²) >= 11 is 0. The van der Waals surface area contributed by atoms with E-state index in [0.29, 0.717) is 12.0 Å². The lowest BCUT2D eigenvalue weighted by atomic mass is 10.1. The van der Waals surface area contributed by atoms with Crippen molar-refractivity contribution in [3.8, 4) is 0 Å². The average Bonchev–Trinajstić information content (AvgIpc) is 3.15. The van der Waals surface area contributed by atoms with Crippen LogP contribution < -0.4 is 10.2 Å². The maximum Gasteiger partial charge on any atom is 0.225 e. The summed E-state index contributed by atoms with van der Waals surface area (Å²) in [6.45, 7) is 2.92. The van der Waals surface area contributed by atoms with Crippen LogP contribution in [0.5, 0.6) is 0 Å². The van der Waals surface area contributed by atoms with Gasteiger partial charge >= 0.3 is 0 Å². The molecule has 2 atom stereocenters. The van der Waals surface area contributed by atoms with Crippen molar-refractivity contribution in [1.29, 1.82) is 0 Å². The lowest BCUT2D eigenvalue weighted by molar-refractivity contribution is 0.626. The fourth-order valence-corrected chi connectivity index (χ4v) is 3.27. The van der Waals surface area contributed by atoms with Gasteiger partial charge in [-0.2, -0.15) is 0 Å². The van der Waals surface area contributed by atoms with Crippen LogP contribution in [0.1, 0.15) is 36.3 Å². The van der Waals surface area contributed by atoms with E-state index in [2.05, 4.69) is 20.2 Å². The van der Waals surface area contributed by atoms with Gasteiger partial charge in [-0.3, -0.25) is 0 Å². The fraction of sp³-hybridized carbons (Fsp3) is 0.444. The maximum atomic E-state index is 12.9. The van der Waals surface area contributed by atoms with E-state index in [1.165, 1.54) is 30.5 Å². The van der Waals surface area contributed by atoms with Gasteiger partial charge in [0.25, 0.3) is 0 Å². The highest BCUT2D eigenvalue weighted by molar-refractivity contribution is 5.31. The number of halogens is 1. The Kier molecular flexibility index (Phi) is 3.95. The van der Waals surface area contributed by atoms with Gasteiger partial charge in [-0.25, -0.2) is 14.4 Å². The normalized spacial score (nSPS) is 23.3. The fourth-order valence-electron chi connectivity index (χ4n) is 3.27. The highest BCUT2D eigenvalue weighted by Gasteiger charge is 2.37. The largest absolute Gasteiger partial charge is 0.341 e. The van der Waals surface area contributed by atoms with E-state index in [1.807, 2.05) is 24.5 Å². The molecule has 4 nitrogen and oxygen atoms in total. The summed E-state index contributed by atoms with van der Waals surface area (Å²) in [6, 6.07) is 7.31. The summed E-state index contributed by atoms with van der Waals surface area (Å²) in [5, 5.41) is 3.54. The smallest absolute Gasteiger partial charge is 0.225 e. The van der Waals surface area contributed by atoms with Crippen molar-refractivity contribution < 1.29 is 4.39 Å². The first-order valence-corrected chi connectivity index (χ1v) is 8.34. The van der Waals surface area contributed by atoms with Crippen molar-refractivity contribution in [2.24, 2.45) is 0 Å². The number of aromatic nitrogens is 2. The van der Waals surface area contributed by atoms with Gasteiger partial charge < -0.3 is 10.2 Å². The summed E-state index contributed by atoms with van der Waals surface area (Å²) in [5.41, 5.74) is 2.32. The van der Waals surface area contributed by atoms with Gasteiger partial charge in [-0.1, -0.05) is 12.1 Å². The molecule has 1 saturated heterocycles. The van der Waals surface area contributed by atoms with E-state index in [-0.39, 0.29) is 5.82 Å². The van der Waals surface area contributed by atoms with E-state index >= 15 is 0 Å². The van der Waals surface area contributed by atoms with Crippen LogP contribution in [0.25, 0.3) is 0 Å². The molecule has 2 unspecified atom stereocenters. The maximum absolute atomic E-state index is 12.9. The predicted molar refractivity (Wildman–Crippen MR) is 87.9 cm³/mol. The number of rotatable bonds is 5. The molecule has 0 amide bonds. The van der Waals surface area contributed by atoms with Crippen LogP contribution in [0.4, 0.5) is 10.3 Å². The van der Waals surface area contributed by atoms with E-state index < -0.39 is 0 Å². The van der Waals surface area contributed by atoms with Crippen molar-refractivity contribution in [1.82, 2.24) is 15.3 Å². The number of anilines is 1. The highest BCUT2D eigenvalue weighted by Crippen LogP contribution is 2.40. The van der Waals surface area contributed by atoms with Crippen molar-refractivity contribution in [3.63, 3.8) is 0 Å². The Morgan fingerprint density at radius 1 is 1.09 bits per heavy atom. The van der Waals surface area contributed by atoms with Crippen molar-refractivity contribution in [2.45, 2.75) is 37.8 Å². The molecule has 0 radical (unpaired) electrons. The number of nitrogens with one attached hydrogen (secondary N) is 1. The van der Waals surface area contributed by atoms with Crippen LogP contribution in [0, 0.1) is 5.82 Å². The Balaban J connectivity index is 1.29. The second kappa shape index (κ2) is 6.24. The van der Waals surface area contributed by atoms with Gasteiger partial charge in [0.2, 0.25) is 5.95 Å². The molecule has 0 bridgehead atoms. The zero-order valence-electron chi connectivity index (χ0n) is 13.1. The molecule has 0 spiro atoms. The first kappa shape index (κ1) is 14.6. The van der Waals surface area contributed by atoms with E-state index in [1.54, 1.807) is 0 Å². The molecule has 1 aliphatic heterocycles. The summed E-state index contributed by atoms with van der Waals surface area (Å²) < 4.78 is 12.9. The van der Waals surface area contributed by atoms with Gasteiger partial charge in [-0.15, -0.1) is 0 Å². The number of benzene rings is 1. The third-order valence-electron chi connectivity index (χ3n) is 4.74. The summed E-state index contributed by atoms with van der Waals surface area (Å²) in [4.78, 5) is 11.2. The molecule has 2 fully saturated rings. The van der Waals surface area contributed by atoms with Gasteiger partial charge in [0, 0.05) is 49.6 Å². The van der Waals surface area contributed by atoms with Gasteiger partial charge in [0.1, 0.15) is 5.82 Å². The van der Waals surface area contributed by atoms with Gasteiger partial charge in [-0.05, 0) is 37.0 Å². The van der Waals surface area contributed by atoms with E-state index in [9.17, 15) is 4.39 Å². The topological polar surface area (TPSA) is 41.1 Å². The Bertz CT molecular complexity index is 650. The highest BCUT2D eigenvalue weighted by atomic mass is 19.1. The second-order valence-electron chi connectivity index (χ2n) is 6.47. The lowest BCUT2D eigenvalue weighted by Crippen LogP contribution is -2.21. The van der Waals surface area contributed by atoms with Crippen LogP contribution in [0.3, 0.4) is 0 Å². The summed E-state index contributed by atoms with van der Waals surface area (Å²) in [5.74, 6) is 1.18. The van der Waals surface area contributed by atoms with Crippen molar-refractivity contribution >= 4 is 5.95 Å². The van der Waals surface area contributed by atoms with Crippen LogP contribution in [-0.2, 0) is 6.54 Å². The number of nitrogens with zero attached hydrogens (tertiary/aromatic N) is 3. The predicted octanol–water partition coefficient (Wildman–Crippen LogP) is 2.86. The summed E-state index contributed by atoms with van der Waals surface area (Å²) in [6.07, 6.45) is 7.42. The van der Waals surface area contributed by atoms with E-state index in [4.69, 9.17) is 0 Å². The molecular formula is C18H21FN4. The molecule has 2 aromatic rings. The first-order chi connectivity index (χ1) is 11.3. The van der Waals surface area contributed by atoms with Gasteiger partial charge in [0.15, 0.2) is 0 Å². The molecule has 1 saturated carbocycles. The number of hydrogen-bond acceptors (Lipinski definition) is 4. The van der Waals surface area contributed by atoms with Crippen LogP contribution in [0.2, 0.25) is 0 Å². The molecule has 2 aliphatic rings. The second-order valence-corrected chi connectivity index (χ2v) is 6.47. The molecule has 120 valence electrons.